The SMILES string of the molecule is CCOC(=O)C1=C(C)N=c2s/c(=C\c3ccc(O)c(OCC)c3)c(=O)n2[C@H]1c1ccc(SC)cc1. The maximum Gasteiger partial charge on any atom is 0.338 e. The van der Waals surface area contributed by atoms with Crippen molar-refractivity contribution in [2.45, 2.75) is 31.7 Å². The van der Waals surface area contributed by atoms with Crippen LogP contribution in [0.5, 0.6) is 11.5 Å². The number of carbonyl (C=O) groups excluding carboxylic acids is 1. The van der Waals surface area contributed by atoms with Crippen LogP contribution in [0.25, 0.3) is 6.08 Å². The molecule has 35 heavy (non-hydrogen) atoms. The van der Waals surface area contributed by atoms with Gasteiger partial charge >= 0.3 is 5.97 Å². The topological polar surface area (TPSA) is 90.1 Å². The molecule has 2 aromatic carbocycles. The molecule has 1 N–H and O–H groups in total. The number of carbonyl (C=O) groups is 1. The molecule has 0 unspecified atom stereocenters. The molecule has 0 spiro atoms. The zero-order valence-corrected chi connectivity index (χ0v) is 21.5. The van der Waals surface area contributed by atoms with Gasteiger partial charge in [0.05, 0.1) is 35.1 Å². The summed E-state index contributed by atoms with van der Waals surface area (Å²) in [6, 6.07) is 12.1. The highest BCUT2D eigenvalue weighted by Gasteiger charge is 2.33. The first kappa shape index (κ1) is 24.8. The predicted molar refractivity (Wildman–Crippen MR) is 138 cm³/mol. The van der Waals surface area contributed by atoms with Crippen LogP contribution in [0.2, 0.25) is 0 Å². The molecular weight excluding hydrogens is 484 g/mol. The molecule has 0 fully saturated rings. The Bertz CT molecular complexity index is 1470. The van der Waals surface area contributed by atoms with Crippen LogP contribution < -0.4 is 19.6 Å². The van der Waals surface area contributed by atoms with E-state index in [0.717, 1.165) is 10.5 Å². The minimum Gasteiger partial charge on any atom is -0.504 e. The molecule has 2 heterocycles. The van der Waals surface area contributed by atoms with Gasteiger partial charge in [0.2, 0.25) is 0 Å². The van der Waals surface area contributed by atoms with Crippen molar-refractivity contribution in [3.63, 3.8) is 0 Å². The van der Waals surface area contributed by atoms with Gasteiger partial charge < -0.3 is 14.6 Å². The highest BCUT2D eigenvalue weighted by atomic mass is 32.2. The molecule has 182 valence electrons. The van der Waals surface area contributed by atoms with E-state index < -0.39 is 12.0 Å². The molecule has 0 saturated heterocycles. The molecule has 0 amide bonds. The first-order valence-corrected chi connectivity index (χ1v) is 13.2. The Morgan fingerprint density at radius 2 is 1.94 bits per heavy atom. The van der Waals surface area contributed by atoms with Crippen molar-refractivity contribution >= 4 is 35.1 Å². The lowest BCUT2D eigenvalue weighted by atomic mass is 9.96. The van der Waals surface area contributed by atoms with Gasteiger partial charge in [-0.05, 0) is 68.5 Å². The summed E-state index contributed by atoms with van der Waals surface area (Å²) in [5.74, 6) is -0.100. The van der Waals surface area contributed by atoms with E-state index in [1.807, 2.05) is 37.4 Å². The summed E-state index contributed by atoms with van der Waals surface area (Å²) in [5, 5.41) is 10.0. The summed E-state index contributed by atoms with van der Waals surface area (Å²) in [7, 11) is 0. The first-order valence-electron chi connectivity index (χ1n) is 11.2. The van der Waals surface area contributed by atoms with Crippen LogP contribution in [-0.4, -0.2) is 35.1 Å². The standard InChI is InChI=1S/C26H26N2O5S2/c1-5-32-20-13-16(7-12-19(20)29)14-21-24(30)28-23(17-8-10-18(34-4)11-9-17)22(25(31)33-6-2)15(3)27-26(28)35-21/h7-14,23,29H,5-6H2,1-4H3/b21-14-/t23-/m0/s1. The van der Waals surface area contributed by atoms with Gasteiger partial charge in [-0.1, -0.05) is 29.5 Å². The normalized spacial score (nSPS) is 15.5. The van der Waals surface area contributed by atoms with E-state index in [1.165, 1.54) is 17.4 Å². The fourth-order valence-electron chi connectivity index (χ4n) is 3.94. The average Bonchev–Trinajstić information content (AvgIpc) is 3.15. The second-order valence-corrected chi connectivity index (χ2v) is 9.62. The van der Waals surface area contributed by atoms with Crippen LogP contribution in [0.4, 0.5) is 0 Å². The average molecular weight is 511 g/mol. The van der Waals surface area contributed by atoms with E-state index >= 15 is 0 Å². The van der Waals surface area contributed by atoms with Crippen LogP contribution in [-0.2, 0) is 9.53 Å². The molecular formula is C26H26N2O5S2. The number of esters is 1. The molecule has 1 aliphatic heterocycles. The Kier molecular flexibility index (Phi) is 7.47. The highest BCUT2D eigenvalue weighted by molar-refractivity contribution is 7.98. The number of phenolic OH excluding ortho intramolecular Hbond substituents is 1. The monoisotopic (exact) mass is 510 g/mol. The summed E-state index contributed by atoms with van der Waals surface area (Å²) in [5.41, 5.74) is 2.13. The van der Waals surface area contributed by atoms with E-state index in [-0.39, 0.29) is 17.9 Å². The Balaban J connectivity index is 1.91. The van der Waals surface area contributed by atoms with Crippen molar-refractivity contribution in [3.8, 4) is 11.5 Å². The molecule has 0 radical (unpaired) electrons. The highest BCUT2D eigenvalue weighted by Crippen LogP contribution is 2.32. The third kappa shape index (κ3) is 4.92. The van der Waals surface area contributed by atoms with E-state index in [0.29, 0.717) is 38.5 Å². The summed E-state index contributed by atoms with van der Waals surface area (Å²) in [6.07, 6.45) is 3.73. The van der Waals surface area contributed by atoms with Gasteiger partial charge in [-0.3, -0.25) is 9.36 Å². The van der Waals surface area contributed by atoms with E-state index in [9.17, 15) is 14.7 Å². The number of rotatable bonds is 7. The number of aromatic nitrogens is 1. The third-order valence-corrected chi connectivity index (χ3v) is 7.26. The number of thioether (sulfide) groups is 1. The van der Waals surface area contributed by atoms with E-state index in [2.05, 4.69) is 4.99 Å². The van der Waals surface area contributed by atoms with Crippen molar-refractivity contribution < 1.29 is 19.4 Å². The molecule has 0 aliphatic carbocycles. The number of allylic oxidation sites excluding steroid dienone is 1. The number of nitrogens with zero attached hydrogens (tertiary/aromatic N) is 2. The van der Waals surface area contributed by atoms with Gasteiger partial charge in [-0.15, -0.1) is 11.8 Å². The van der Waals surface area contributed by atoms with Crippen molar-refractivity contribution in [3.05, 3.63) is 84.5 Å². The number of hydrogen-bond donors (Lipinski definition) is 1. The lowest BCUT2D eigenvalue weighted by molar-refractivity contribution is -0.139. The zero-order valence-electron chi connectivity index (χ0n) is 19.9. The Labute approximate surface area is 211 Å². The quantitative estimate of drug-likeness (QED) is 0.386. The number of fused-ring (bicyclic) bond motifs is 1. The van der Waals surface area contributed by atoms with Gasteiger partial charge in [-0.2, -0.15) is 0 Å². The largest absolute Gasteiger partial charge is 0.504 e. The Hall–Kier alpha value is -3.30. The lowest BCUT2D eigenvalue weighted by Crippen LogP contribution is -2.39. The minimum atomic E-state index is -0.651. The second-order valence-electron chi connectivity index (χ2n) is 7.74. The molecule has 9 heteroatoms. The van der Waals surface area contributed by atoms with Crippen LogP contribution in [0.15, 0.2) is 68.4 Å². The summed E-state index contributed by atoms with van der Waals surface area (Å²) < 4.78 is 12.8. The molecule has 1 atom stereocenters. The second kappa shape index (κ2) is 10.5. The number of thiazole rings is 1. The van der Waals surface area contributed by atoms with Crippen LogP contribution >= 0.6 is 23.1 Å². The van der Waals surface area contributed by atoms with Gasteiger partial charge in [0.15, 0.2) is 16.3 Å². The maximum atomic E-state index is 13.7. The minimum absolute atomic E-state index is 0.0360. The van der Waals surface area contributed by atoms with Crippen LogP contribution in [0.3, 0.4) is 0 Å². The molecule has 1 aliphatic rings. The lowest BCUT2D eigenvalue weighted by Gasteiger charge is -2.24. The number of ether oxygens (including phenoxy) is 2. The van der Waals surface area contributed by atoms with Crippen molar-refractivity contribution in [2.24, 2.45) is 4.99 Å². The van der Waals surface area contributed by atoms with E-state index in [1.54, 1.807) is 48.4 Å². The van der Waals surface area contributed by atoms with Crippen LogP contribution in [0.1, 0.15) is 37.9 Å². The number of phenols is 1. The van der Waals surface area contributed by atoms with Gasteiger partial charge in [-0.25, -0.2) is 9.79 Å². The fraction of sp³-hybridized carbons (Fsp3) is 0.269. The Morgan fingerprint density at radius 3 is 2.60 bits per heavy atom. The van der Waals surface area contributed by atoms with Gasteiger partial charge in [0.25, 0.3) is 5.56 Å². The predicted octanol–water partition coefficient (Wildman–Crippen LogP) is 3.62. The molecule has 0 saturated carbocycles. The molecule has 7 nitrogen and oxygen atoms in total. The molecule has 4 rings (SSSR count). The van der Waals surface area contributed by atoms with Gasteiger partial charge in [0, 0.05) is 4.90 Å². The third-order valence-electron chi connectivity index (χ3n) is 5.53. The van der Waals surface area contributed by atoms with Crippen LogP contribution in [0, 0.1) is 0 Å². The number of hydrogen-bond acceptors (Lipinski definition) is 8. The molecule has 3 aromatic rings. The molecule has 0 bridgehead atoms. The van der Waals surface area contributed by atoms with Crippen molar-refractivity contribution in [1.29, 1.82) is 0 Å². The first-order chi connectivity index (χ1) is 16.9. The summed E-state index contributed by atoms with van der Waals surface area (Å²) in [6.45, 7) is 5.98. The van der Waals surface area contributed by atoms with E-state index in [4.69, 9.17) is 9.47 Å². The van der Waals surface area contributed by atoms with Crippen molar-refractivity contribution in [1.82, 2.24) is 4.57 Å². The summed E-state index contributed by atoms with van der Waals surface area (Å²) >= 11 is 2.87. The molecule has 1 aromatic heterocycles. The zero-order chi connectivity index (χ0) is 25.1. The summed E-state index contributed by atoms with van der Waals surface area (Å²) in [4.78, 5) is 32.8. The Morgan fingerprint density at radius 1 is 1.20 bits per heavy atom. The van der Waals surface area contributed by atoms with Gasteiger partial charge in [0.1, 0.15) is 0 Å². The number of aromatic hydroxyl groups is 1. The number of benzene rings is 2. The maximum absolute atomic E-state index is 13.7. The smallest absolute Gasteiger partial charge is 0.338 e. The fourth-order valence-corrected chi connectivity index (χ4v) is 5.39. The van der Waals surface area contributed by atoms with Crippen molar-refractivity contribution in [2.75, 3.05) is 19.5 Å².